The van der Waals surface area contributed by atoms with Gasteiger partial charge in [-0.15, -0.1) is 0 Å². The molecule has 1 aromatic carbocycles. The molecule has 27 heavy (non-hydrogen) atoms. The largest absolute Gasteiger partial charge is 0.492 e. The van der Waals surface area contributed by atoms with E-state index in [0.29, 0.717) is 24.6 Å². The third-order valence-corrected chi connectivity index (χ3v) is 4.99. The zero-order valence-corrected chi connectivity index (χ0v) is 16.8. The van der Waals surface area contributed by atoms with Crippen LogP contribution in [-0.2, 0) is 9.59 Å². The summed E-state index contributed by atoms with van der Waals surface area (Å²) in [4.78, 5) is 27.0. The van der Waals surface area contributed by atoms with Gasteiger partial charge in [0.1, 0.15) is 5.75 Å². The van der Waals surface area contributed by atoms with Crippen molar-refractivity contribution in [1.29, 1.82) is 0 Å². The summed E-state index contributed by atoms with van der Waals surface area (Å²) in [6.07, 6.45) is 3.99. The van der Waals surface area contributed by atoms with E-state index in [1.54, 1.807) is 0 Å². The number of carbonyl (C=O) groups excluding carboxylic acids is 2. The topological polar surface area (TPSA) is 70.7 Å². The highest BCUT2D eigenvalue weighted by Crippen LogP contribution is 2.31. The third-order valence-electron chi connectivity index (χ3n) is 4.99. The minimum Gasteiger partial charge on any atom is -0.492 e. The van der Waals surface area contributed by atoms with Crippen LogP contribution < -0.4 is 15.4 Å². The average molecular weight is 376 g/mol. The summed E-state index contributed by atoms with van der Waals surface area (Å²) in [5, 5.41) is 6.02. The van der Waals surface area contributed by atoms with Gasteiger partial charge in [0, 0.05) is 18.4 Å². The lowest BCUT2D eigenvalue weighted by Gasteiger charge is -2.27. The molecule has 1 aromatic rings. The number of ether oxygens (including phenoxy) is 1. The summed E-state index contributed by atoms with van der Waals surface area (Å²) in [6.45, 7) is 4.16. The first-order chi connectivity index (χ1) is 13.0. The monoisotopic (exact) mass is 375 g/mol. The number of rotatable bonds is 9. The fourth-order valence-electron chi connectivity index (χ4n) is 3.46. The molecule has 6 nitrogen and oxygen atoms in total. The van der Waals surface area contributed by atoms with Crippen LogP contribution in [0.15, 0.2) is 24.3 Å². The van der Waals surface area contributed by atoms with Crippen LogP contribution in [0.4, 0.5) is 5.69 Å². The Morgan fingerprint density at radius 3 is 2.33 bits per heavy atom. The van der Waals surface area contributed by atoms with E-state index in [1.165, 1.54) is 0 Å². The second-order valence-electron chi connectivity index (χ2n) is 7.41. The minimum atomic E-state index is -0.0440. The van der Waals surface area contributed by atoms with Crippen LogP contribution >= 0.6 is 0 Å². The molecule has 6 heteroatoms. The third kappa shape index (κ3) is 6.86. The van der Waals surface area contributed by atoms with Gasteiger partial charge in [-0.25, -0.2) is 0 Å². The molecule has 1 saturated carbocycles. The number of nitrogens with one attached hydrogen (secondary N) is 2. The van der Waals surface area contributed by atoms with Gasteiger partial charge in [-0.3, -0.25) is 9.59 Å². The first-order valence-electron chi connectivity index (χ1n) is 9.96. The molecule has 0 bridgehead atoms. The Bertz CT molecular complexity index is 610. The van der Waals surface area contributed by atoms with Gasteiger partial charge < -0.3 is 20.3 Å². The molecule has 1 aliphatic carbocycles. The highest BCUT2D eigenvalue weighted by Gasteiger charge is 2.30. The molecule has 150 valence electrons. The molecule has 2 rings (SSSR count). The van der Waals surface area contributed by atoms with Crippen molar-refractivity contribution in [1.82, 2.24) is 10.2 Å². The lowest BCUT2D eigenvalue weighted by Crippen LogP contribution is -2.36. The Morgan fingerprint density at radius 2 is 1.70 bits per heavy atom. The highest BCUT2D eigenvalue weighted by atomic mass is 16.5. The van der Waals surface area contributed by atoms with Gasteiger partial charge in [-0.2, -0.15) is 0 Å². The minimum absolute atomic E-state index is 0.0204. The van der Waals surface area contributed by atoms with Crippen LogP contribution in [0.3, 0.4) is 0 Å². The van der Waals surface area contributed by atoms with Crippen LogP contribution in [0.25, 0.3) is 0 Å². The van der Waals surface area contributed by atoms with Gasteiger partial charge in [0.25, 0.3) is 0 Å². The molecular formula is C21H33N3O3. The van der Waals surface area contributed by atoms with Crippen LogP contribution in [0.5, 0.6) is 5.75 Å². The summed E-state index contributed by atoms with van der Waals surface area (Å²) < 4.78 is 5.56. The van der Waals surface area contributed by atoms with E-state index in [9.17, 15) is 9.59 Å². The van der Waals surface area contributed by atoms with Crippen LogP contribution in [-0.4, -0.2) is 50.5 Å². The summed E-state index contributed by atoms with van der Waals surface area (Å²) in [6, 6.07) is 7.49. The molecule has 0 unspecified atom stereocenters. The Hall–Kier alpha value is -2.08. The van der Waals surface area contributed by atoms with Crippen molar-refractivity contribution in [3.63, 3.8) is 0 Å². The quantitative estimate of drug-likeness (QED) is 0.651. The van der Waals surface area contributed by atoms with Crippen molar-refractivity contribution in [3.8, 4) is 5.75 Å². The second-order valence-corrected chi connectivity index (χ2v) is 7.41. The SMILES string of the molecule is CCOc1ccccc1NC(=O)C1CCC(C(=O)NCCCN(C)C)CC1. The first-order valence-corrected chi connectivity index (χ1v) is 9.96. The molecule has 0 heterocycles. The van der Waals surface area contributed by atoms with Crippen molar-refractivity contribution in [2.45, 2.75) is 39.0 Å². The summed E-state index contributed by atoms with van der Waals surface area (Å²) in [7, 11) is 4.06. The van der Waals surface area contributed by atoms with Crippen molar-refractivity contribution >= 4 is 17.5 Å². The van der Waals surface area contributed by atoms with Gasteiger partial charge in [0.05, 0.1) is 12.3 Å². The predicted octanol–water partition coefficient (Wildman–Crippen LogP) is 2.90. The lowest BCUT2D eigenvalue weighted by molar-refractivity contribution is -0.128. The summed E-state index contributed by atoms with van der Waals surface area (Å²) in [5.74, 6) is 0.835. The van der Waals surface area contributed by atoms with Gasteiger partial charge in [-0.1, -0.05) is 12.1 Å². The molecule has 0 aromatic heterocycles. The first kappa shape index (κ1) is 21.2. The van der Waals surface area contributed by atoms with Crippen molar-refractivity contribution in [2.24, 2.45) is 11.8 Å². The van der Waals surface area contributed by atoms with E-state index < -0.39 is 0 Å². The number of hydrogen-bond donors (Lipinski definition) is 2. The molecule has 2 N–H and O–H groups in total. The van der Waals surface area contributed by atoms with E-state index in [0.717, 1.165) is 38.6 Å². The molecule has 1 fully saturated rings. The van der Waals surface area contributed by atoms with Gasteiger partial charge in [0.2, 0.25) is 11.8 Å². The number of amides is 2. The van der Waals surface area contributed by atoms with E-state index in [2.05, 4.69) is 15.5 Å². The molecular weight excluding hydrogens is 342 g/mol. The number of anilines is 1. The van der Waals surface area contributed by atoms with E-state index >= 15 is 0 Å². The molecule has 0 atom stereocenters. The van der Waals surface area contributed by atoms with Crippen molar-refractivity contribution in [2.75, 3.05) is 39.1 Å². The van der Waals surface area contributed by atoms with E-state index in [1.807, 2.05) is 45.3 Å². The maximum atomic E-state index is 12.6. The standard InChI is InChI=1S/C21H33N3O3/c1-4-27-19-9-6-5-8-18(19)23-21(26)17-12-10-16(11-13-17)20(25)22-14-7-15-24(2)3/h5-6,8-9,16-17H,4,7,10-15H2,1-3H3,(H,22,25)(H,23,26). The number of benzene rings is 1. The fourth-order valence-corrected chi connectivity index (χ4v) is 3.46. The highest BCUT2D eigenvalue weighted by molar-refractivity contribution is 5.94. The number of hydrogen-bond acceptors (Lipinski definition) is 4. The maximum Gasteiger partial charge on any atom is 0.227 e. The molecule has 1 aliphatic rings. The Balaban J connectivity index is 1.76. The Morgan fingerprint density at radius 1 is 1.07 bits per heavy atom. The fraction of sp³-hybridized carbons (Fsp3) is 0.619. The Labute approximate surface area is 162 Å². The van der Waals surface area contributed by atoms with Gasteiger partial charge in [0.15, 0.2) is 0 Å². The lowest BCUT2D eigenvalue weighted by atomic mass is 9.81. The zero-order chi connectivity index (χ0) is 19.6. The molecule has 0 radical (unpaired) electrons. The average Bonchev–Trinajstić information content (AvgIpc) is 2.66. The predicted molar refractivity (Wildman–Crippen MR) is 108 cm³/mol. The molecule has 0 spiro atoms. The molecule has 0 saturated heterocycles. The van der Waals surface area contributed by atoms with Crippen LogP contribution in [0.2, 0.25) is 0 Å². The summed E-state index contributed by atoms with van der Waals surface area (Å²) >= 11 is 0. The van der Waals surface area contributed by atoms with Gasteiger partial charge in [-0.05, 0) is 71.8 Å². The summed E-state index contributed by atoms with van der Waals surface area (Å²) in [5.41, 5.74) is 0.713. The van der Waals surface area contributed by atoms with Crippen LogP contribution in [0.1, 0.15) is 39.0 Å². The van der Waals surface area contributed by atoms with Crippen molar-refractivity contribution < 1.29 is 14.3 Å². The van der Waals surface area contributed by atoms with Crippen molar-refractivity contribution in [3.05, 3.63) is 24.3 Å². The second kappa shape index (κ2) is 10.9. The normalized spacial score (nSPS) is 19.6. The maximum absolute atomic E-state index is 12.6. The molecule has 2 amide bonds. The number of para-hydroxylation sites is 2. The van der Waals surface area contributed by atoms with Gasteiger partial charge >= 0.3 is 0 Å². The smallest absolute Gasteiger partial charge is 0.227 e. The number of carbonyl (C=O) groups is 2. The number of nitrogens with zero attached hydrogens (tertiary/aromatic N) is 1. The van der Waals surface area contributed by atoms with E-state index in [-0.39, 0.29) is 23.7 Å². The molecule has 0 aliphatic heterocycles. The Kier molecular flexibility index (Phi) is 8.58. The van der Waals surface area contributed by atoms with E-state index in [4.69, 9.17) is 4.74 Å². The zero-order valence-electron chi connectivity index (χ0n) is 16.8. The van der Waals surface area contributed by atoms with Crippen LogP contribution in [0, 0.1) is 11.8 Å².